The van der Waals surface area contributed by atoms with Crippen molar-refractivity contribution in [3.63, 3.8) is 0 Å². The third-order valence-electron chi connectivity index (χ3n) is 1.52. The summed E-state index contributed by atoms with van der Waals surface area (Å²) in [7, 11) is 3.59. The van der Waals surface area contributed by atoms with Gasteiger partial charge in [0, 0.05) is 20.1 Å². The van der Waals surface area contributed by atoms with Gasteiger partial charge in [-0.05, 0) is 7.05 Å². The Morgan fingerprint density at radius 2 is 2.18 bits per heavy atom. The fourth-order valence-electron chi connectivity index (χ4n) is 0.739. The minimum Gasteiger partial charge on any atom is -0.383 e. The molecule has 0 bridgehead atoms. The number of rotatable bonds is 6. The van der Waals surface area contributed by atoms with Gasteiger partial charge in [0.2, 0.25) is 0 Å². The number of methoxy groups -OCH3 is 1. The molecule has 0 atom stereocenters. The van der Waals surface area contributed by atoms with Crippen molar-refractivity contribution in [1.29, 1.82) is 0 Å². The third-order valence-corrected chi connectivity index (χ3v) is 1.52. The predicted molar refractivity (Wildman–Crippen MR) is 44.7 cm³/mol. The van der Waals surface area contributed by atoms with Crippen molar-refractivity contribution in [2.45, 2.75) is 13.3 Å². The zero-order chi connectivity index (χ0) is 8.69. The second kappa shape index (κ2) is 6.31. The predicted octanol–water partition coefficient (Wildman–Crippen LogP) is 0.544. The van der Waals surface area contributed by atoms with Gasteiger partial charge in [0.25, 0.3) is 0 Å². The lowest BCUT2D eigenvalue weighted by atomic mass is 10.3. The first-order chi connectivity index (χ1) is 5.20. The third kappa shape index (κ3) is 6.01. The fraction of sp³-hybridized carbons (Fsp3) is 0.875. The van der Waals surface area contributed by atoms with E-state index in [-0.39, 0.29) is 5.78 Å². The molecule has 0 aliphatic carbocycles. The van der Waals surface area contributed by atoms with Crippen molar-refractivity contribution in [3.05, 3.63) is 0 Å². The molecule has 0 N–H and O–H groups in total. The summed E-state index contributed by atoms with van der Waals surface area (Å²) in [5.74, 6) is 0.281. The molecule has 3 heteroatoms. The lowest BCUT2D eigenvalue weighted by Crippen LogP contribution is -2.28. The van der Waals surface area contributed by atoms with Crippen molar-refractivity contribution in [3.8, 4) is 0 Å². The van der Waals surface area contributed by atoms with Crippen LogP contribution in [0.25, 0.3) is 0 Å². The first-order valence-electron chi connectivity index (χ1n) is 3.89. The van der Waals surface area contributed by atoms with E-state index >= 15 is 0 Å². The van der Waals surface area contributed by atoms with E-state index < -0.39 is 0 Å². The molecule has 0 aliphatic heterocycles. The summed E-state index contributed by atoms with van der Waals surface area (Å²) in [6, 6.07) is 0. The zero-order valence-corrected chi connectivity index (χ0v) is 7.59. The quantitative estimate of drug-likeness (QED) is 0.566. The maximum atomic E-state index is 10.9. The Kier molecular flexibility index (Phi) is 6.07. The van der Waals surface area contributed by atoms with Crippen LogP contribution < -0.4 is 0 Å². The standard InChI is InChI=1S/C8H17NO2/c1-4-8(10)7-9(2)5-6-11-3/h4-7H2,1-3H3. The molecule has 11 heavy (non-hydrogen) atoms. The van der Waals surface area contributed by atoms with Gasteiger partial charge >= 0.3 is 0 Å². The number of ether oxygens (including phenoxy) is 1. The average molecular weight is 159 g/mol. The summed E-state index contributed by atoms with van der Waals surface area (Å²) in [6.07, 6.45) is 0.622. The van der Waals surface area contributed by atoms with Crippen LogP contribution in [0.5, 0.6) is 0 Å². The Morgan fingerprint density at radius 1 is 1.55 bits per heavy atom. The van der Waals surface area contributed by atoms with Crippen molar-refractivity contribution >= 4 is 5.78 Å². The van der Waals surface area contributed by atoms with Gasteiger partial charge in [0.15, 0.2) is 0 Å². The van der Waals surface area contributed by atoms with Crippen LogP contribution in [-0.2, 0) is 9.53 Å². The summed E-state index contributed by atoms with van der Waals surface area (Å²) in [5.41, 5.74) is 0. The zero-order valence-electron chi connectivity index (χ0n) is 7.59. The lowest BCUT2D eigenvalue weighted by Gasteiger charge is -2.13. The van der Waals surface area contributed by atoms with E-state index in [0.29, 0.717) is 19.6 Å². The Bertz CT molecular complexity index is 115. The second-order valence-corrected chi connectivity index (χ2v) is 2.62. The molecule has 0 aromatic carbocycles. The van der Waals surface area contributed by atoms with Crippen LogP contribution in [0.2, 0.25) is 0 Å². The molecule has 0 rings (SSSR count). The highest BCUT2D eigenvalue weighted by Crippen LogP contribution is 1.86. The largest absolute Gasteiger partial charge is 0.383 e. The number of hydrogen-bond donors (Lipinski definition) is 0. The molecule has 0 aromatic rings. The van der Waals surface area contributed by atoms with Gasteiger partial charge in [-0.15, -0.1) is 0 Å². The van der Waals surface area contributed by atoms with Crippen LogP contribution in [0.4, 0.5) is 0 Å². The Hall–Kier alpha value is -0.410. The lowest BCUT2D eigenvalue weighted by molar-refractivity contribution is -0.119. The molecular weight excluding hydrogens is 142 g/mol. The average Bonchev–Trinajstić information content (AvgIpc) is 2.00. The van der Waals surface area contributed by atoms with Gasteiger partial charge in [-0.25, -0.2) is 0 Å². The number of nitrogens with zero attached hydrogens (tertiary/aromatic N) is 1. The minimum absolute atomic E-state index is 0.281. The smallest absolute Gasteiger partial charge is 0.146 e. The molecule has 0 saturated heterocycles. The summed E-state index contributed by atoms with van der Waals surface area (Å²) < 4.78 is 4.87. The van der Waals surface area contributed by atoms with Gasteiger partial charge in [-0.3, -0.25) is 9.69 Å². The van der Waals surface area contributed by atoms with Crippen LogP contribution in [0.1, 0.15) is 13.3 Å². The molecule has 0 amide bonds. The highest BCUT2D eigenvalue weighted by atomic mass is 16.5. The van der Waals surface area contributed by atoms with Crippen LogP contribution >= 0.6 is 0 Å². The van der Waals surface area contributed by atoms with E-state index in [0.717, 1.165) is 6.54 Å². The minimum atomic E-state index is 0.281. The summed E-state index contributed by atoms with van der Waals surface area (Å²) in [4.78, 5) is 12.9. The summed E-state index contributed by atoms with van der Waals surface area (Å²) >= 11 is 0. The monoisotopic (exact) mass is 159 g/mol. The van der Waals surface area contributed by atoms with E-state index in [2.05, 4.69) is 0 Å². The molecule has 0 radical (unpaired) electrons. The maximum absolute atomic E-state index is 10.9. The van der Waals surface area contributed by atoms with E-state index in [1.165, 1.54) is 0 Å². The molecule has 0 aliphatic rings. The van der Waals surface area contributed by atoms with Crippen molar-refractivity contribution < 1.29 is 9.53 Å². The van der Waals surface area contributed by atoms with Crippen molar-refractivity contribution in [1.82, 2.24) is 4.90 Å². The van der Waals surface area contributed by atoms with Gasteiger partial charge in [0.1, 0.15) is 5.78 Å². The fourth-order valence-corrected chi connectivity index (χ4v) is 0.739. The van der Waals surface area contributed by atoms with Crippen LogP contribution in [0.15, 0.2) is 0 Å². The summed E-state index contributed by atoms with van der Waals surface area (Å²) in [6.45, 7) is 3.93. The molecule has 3 nitrogen and oxygen atoms in total. The second-order valence-electron chi connectivity index (χ2n) is 2.62. The summed E-state index contributed by atoms with van der Waals surface area (Å²) in [5, 5.41) is 0. The Morgan fingerprint density at radius 3 is 2.64 bits per heavy atom. The SMILES string of the molecule is CCC(=O)CN(C)CCOC. The van der Waals surface area contributed by atoms with Gasteiger partial charge in [-0.2, -0.15) is 0 Å². The number of hydrogen-bond acceptors (Lipinski definition) is 3. The highest BCUT2D eigenvalue weighted by Gasteiger charge is 2.02. The number of carbonyl (C=O) groups is 1. The van der Waals surface area contributed by atoms with Gasteiger partial charge < -0.3 is 4.74 Å². The Labute approximate surface area is 68.3 Å². The van der Waals surface area contributed by atoms with Crippen LogP contribution in [0, 0.1) is 0 Å². The first-order valence-corrected chi connectivity index (χ1v) is 3.89. The molecule has 0 heterocycles. The molecule has 0 saturated carbocycles. The molecule has 0 spiro atoms. The highest BCUT2D eigenvalue weighted by molar-refractivity contribution is 5.80. The van der Waals surface area contributed by atoms with Crippen molar-refractivity contribution in [2.75, 3.05) is 33.9 Å². The normalized spacial score (nSPS) is 10.5. The van der Waals surface area contributed by atoms with E-state index in [4.69, 9.17) is 4.74 Å². The molecule has 0 aromatic heterocycles. The van der Waals surface area contributed by atoms with Gasteiger partial charge in [-0.1, -0.05) is 6.92 Å². The van der Waals surface area contributed by atoms with Crippen LogP contribution in [-0.4, -0.2) is 44.5 Å². The topological polar surface area (TPSA) is 29.5 Å². The number of carbonyl (C=O) groups excluding carboxylic acids is 1. The number of ketones is 1. The molecule has 66 valence electrons. The van der Waals surface area contributed by atoms with Gasteiger partial charge in [0.05, 0.1) is 13.2 Å². The molecule has 0 fully saturated rings. The van der Waals surface area contributed by atoms with E-state index in [9.17, 15) is 4.79 Å². The number of likely N-dealkylation sites (N-methyl/N-ethyl adjacent to an activating group) is 1. The number of Topliss-reactive ketones (excluding diaryl/α,β-unsaturated/α-hetero) is 1. The molecule has 0 unspecified atom stereocenters. The van der Waals surface area contributed by atoms with E-state index in [1.807, 2.05) is 18.9 Å². The van der Waals surface area contributed by atoms with E-state index in [1.54, 1.807) is 7.11 Å². The Balaban J connectivity index is 3.35. The van der Waals surface area contributed by atoms with Crippen molar-refractivity contribution in [2.24, 2.45) is 0 Å². The first kappa shape index (κ1) is 10.6. The maximum Gasteiger partial charge on any atom is 0.146 e. The molecular formula is C8H17NO2. The van der Waals surface area contributed by atoms with Crippen LogP contribution in [0.3, 0.4) is 0 Å².